The van der Waals surface area contributed by atoms with E-state index in [0.29, 0.717) is 18.0 Å². The fourth-order valence-corrected chi connectivity index (χ4v) is 4.33. The van der Waals surface area contributed by atoms with Crippen LogP contribution in [0.15, 0.2) is 35.2 Å². The first-order chi connectivity index (χ1) is 12.2. The molecule has 0 aromatic heterocycles. The molecule has 0 unspecified atom stereocenters. The summed E-state index contributed by atoms with van der Waals surface area (Å²) in [6, 6.07) is 6.71. The lowest BCUT2D eigenvalue weighted by Gasteiger charge is -2.23. The van der Waals surface area contributed by atoms with Gasteiger partial charge >= 0.3 is 0 Å². The average Bonchev–Trinajstić information content (AvgIpc) is 2.90. The Hall–Kier alpha value is -1.66. The molecular formula is C20H30N2O3S. The molecule has 26 heavy (non-hydrogen) atoms. The Bertz CT molecular complexity index is 729. The van der Waals surface area contributed by atoms with Crippen LogP contribution in [0, 0.1) is 0 Å². The predicted octanol–water partition coefficient (Wildman–Crippen LogP) is 3.57. The Balaban J connectivity index is 2.05. The number of sulfonamides is 1. The fraction of sp³-hybridized carbons (Fsp3) is 0.550. The van der Waals surface area contributed by atoms with Crippen LogP contribution in [0.4, 0.5) is 0 Å². The average molecular weight is 379 g/mol. The molecule has 0 radical (unpaired) electrons. The second kappa shape index (κ2) is 8.82. The van der Waals surface area contributed by atoms with Crippen molar-refractivity contribution in [3.05, 3.63) is 35.9 Å². The summed E-state index contributed by atoms with van der Waals surface area (Å²) in [4.78, 5) is 12.3. The van der Waals surface area contributed by atoms with E-state index in [1.165, 1.54) is 6.08 Å². The lowest BCUT2D eigenvalue weighted by atomic mass is 10.0. The number of hydrogen-bond acceptors (Lipinski definition) is 3. The van der Waals surface area contributed by atoms with Crippen LogP contribution in [0.2, 0.25) is 0 Å². The second-order valence-corrected chi connectivity index (χ2v) is 9.39. The molecule has 1 aliphatic heterocycles. The summed E-state index contributed by atoms with van der Waals surface area (Å²) >= 11 is 0. The van der Waals surface area contributed by atoms with Gasteiger partial charge in [-0.25, -0.2) is 8.42 Å². The predicted molar refractivity (Wildman–Crippen MR) is 105 cm³/mol. The van der Waals surface area contributed by atoms with Crippen molar-refractivity contribution in [3.8, 4) is 0 Å². The summed E-state index contributed by atoms with van der Waals surface area (Å²) in [7, 11) is -3.43. The molecule has 1 N–H and O–H groups in total. The van der Waals surface area contributed by atoms with Crippen LogP contribution in [-0.2, 0) is 14.8 Å². The van der Waals surface area contributed by atoms with E-state index in [2.05, 4.69) is 5.32 Å². The topological polar surface area (TPSA) is 66.5 Å². The largest absolute Gasteiger partial charge is 0.348 e. The van der Waals surface area contributed by atoms with Gasteiger partial charge in [-0.15, -0.1) is 0 Å². The summed E-state index contributed by atoms with van der Waals surface area (Å²) in [6.45, 7) is 7.16. The maximum Gasteiger partial charge on any atom is 0.244 e. The highest BCUT2D eigenvalue weighted by Gasteiger charge is 2.24. The fourth-order valence-electron chi connectivity index (χ4n) is 2.82. The van der Waals surface area contributed by atoms with E-state index < -0.39 is 10.0 Å². The van der Waals surface area contributed by atoms with Crippen molar-refractivity contribution < 1.29 is 13.2 Å². The third-order valence-electron chi connectivity index (χ3n) is 4.86. The van der Waals surface area contributed by atoms with E-state index in [0.717, 1.165) is 37.7 Å². The van der Waals surface area contributed by atoms with Crippen LogP contribution in [0.5, 0.6) is 0 Å². The Morgan fingerprint density at radius 3 is 2.23 bits per heavy atom. The molecule has 5 nitrogen and oxygen atoms in total. The number of nitrogens with zero attached hydrogens (tertiary/aromatic N) is 1. The van der Waals surface area contributed by atoms with Gasteiger partial charge in [0, 0.05) is 24.7 Å². The van der Waals surface area contributed by atoms with Gasteiger partial charge in [-0.2, -0.15) is 4.31 Å². The van der Waals surface area contributed by atoms with E-state index in [-0.39, 0.29) is 11.4 Å². The number of amides is 1. The Morgan fingerprint density at radius 2 is 1.69 bits per heavy atom. The molecule has 0 spiro atoms. The summed E-state index contributed by atoms with van der Waals surface area (Å²) in [5.74, 6) is -0.155. The molecule has 6 heteroatoms. The molecular weight excluding hydrogens is 348 g/mol. The second-order valence-electron chi connectivity index (χ2n) is 7.45. The van der Waals surface area contributed by atoms with Crippen molar-refractivity contribution in [2.75, 3.05) is 13.1 Å². The lowest BCUT2D eigenvalue weighted by molar-refractivity contribution is -0.118. The van der Waals surface area contributed by atoms with Crippen LogP contribution in [0.1, 0.15) is 58.4 Å². The Morgan fingerprint density at radius 1 is 1.12 bits per heavy atom. The minimum absolute atomic E-state index is 0.155. The van der Waals surface area contributed by atoms with E-state index in [1.807, 2.05) is 20.8 Å². The van der Waals surface area contributed by atoms with Gasteiger partial charge in [0.2, 0.25) is 15.9 Å². The quantitative estimate of drug-likeness (QED) is 0.770. The molecule has 2 rings (SSSR count). The van der Waals surface area contributed by atoms with E-state index >= 15 is 0 Å². The molecule has 1 heterocycles. The molecule has 0 saturated carbocycles. The smallest absolute Gasteiger partial charge is 0.244 e. The van der Waals surface area contributed by atoms with Crippen molar-refractivity contribution in [2.45, 2.75) is 63.3 Å². The Labute approximate surface area is 157 Å². The van der Waals surface area contributed by atoms with Gasteiger partial charge in [-0.1, -0.05) is 31.9 Å². The van der Waals surface area contributed by atoms with Crippen LogP contribution in [0.25, 0.3) is 6.08 Å². The zero-order valence-corrected chi connectivity index (χ0v) is 16.8. The van der Waals surface area contributed by atoms with Crippen molar-refractivity contribution in [3.63, 3.8) is 0 Å². The third-order valence-corrected chi connectivity index (χ3v) is 6.77. The van der Waals surface area contributed by atoms with Crippen molar-refractivity contribution >= 4 is 22.0 Å². The highest BCUT2D eigenvalue weighted by atomic mass is 32.2. The maximum absolute atomic E-state index is 12.8. The SMILES string of the molecule is CCC(C)(C)NC(=O)/C=C/c1ccc(S(=O)(=O)N2CCCCCC2)cc1. The first-order valence-electron chi connectivity index (χ1n) is 9.35. The van der Waals surface area contributed by atoms with Gasteiger partial charge in [-0.05, 0) is 56.9 Å². The normalized spacial score (nSPS) is 17.2. The molecule has 1 aliphatic rings. The molecule has 144 valence electrons. The van der Waals surface area contributed by atoms with Gasteiger partial charge in [0.05, 0.1) is 4.90 Å². The lowest BCUT2D eigenvalue weighted by Crippen LogP contribution is -2.41. The maximum atomic E-state index is 12.8. The molecule has 1 aromatic rings. The van der Waals surface area contributed by atoms with Crippen molar-refractivity contribution in [2.24, 2.45) is 0 Å². The number of nitrogens with one attached hydrogen (secondary N) is 1. The molecule has 0 atom stereocenters. The van der Waals surface area contributed by atoms with E-state index in [4.69, 9.17) is 0 Å². The van der Waals surface area contributed by atoms with Crippen LogP contribution >= 0.6 is 0 Å². The van der Waals surface area contributed by atoms with Crippen LogP contribution in [-0.4, -0.2) is 37.3 Å². The third kappa shape index (κ3) is 5.68. The highest BCUT2D eigenvalue weighted by Crippen LogP contribution is 2.21. The number of rotatable bonds is 6. The molecule has 0 aliphatic carbocycles. The number of carbonyl (C=O) groups is 1. The molecule has 0 bridgehead atoms. The van der Waals surface area contributed by atoms with Gasteiger partial charge in [0.15, 0.2) is 0 Å². The van der Waals surface area contributed by atoms with Crippen LogP contribution in [0.3, 0.4) is 0 Å². The zero-order valence-electron chi connectivity index (χ0n) is 16.0. The molecule has 1 aromatic carbocycles. The van der Waals surface area contributed by atoms with Gasteiger partial charge in [0.25, 0.3) is 0 Å². The summed E-state index contributed by atoms with van der Waals surface area (Å²) in [5, 5.41) is 2.93. The summed E-state index contributed by atoms with van der Waals surface area (Å²) in [6.07, 6.45) is 8.04. The standard InChI is InChI=1S/C20H30N2O3S/c1-4-20(2,3)21-19(23)14-11-17-9-12-18(13-10-17)26(24,25)22-15-7-5-6-8-16-22/h9-14H,4-8,15-16H2,1-3H3,(H,21,23)/b14-11+. The van der Waals surface area contributed by atoms with E-state index in [1.54, 1.807) is 34.6 Å². The first kappa shape index (κ1) is 20.6. The number of hydrogen-bond donors (Lipinski definition) is 1. The first-order valence-corrected chi connectivity index (χ1v) is 10.8. The van der Waals surface area contributed by atoms with E-state index in [9.17, 15) is 13.2 Å². The molecule has 1 saturated heterocycles. The number of benzene rings is 1. The minimum atomic E-state index is -3.43. The molecule has 1 fully saturated rings. The van der Waals surface area contributed by atoms with Gasteiger partial charge in [-0.3, -0.25) is 4.79 Å². The summed E-state index contributed by atoms with van der Waals surface area (Å²) < 4.78 is 27.1. The summed E-state index contributed by atoms with van der Waals surface area (Å²) in [5.41, 5.74) is 0.552. The monoisotopic (exact) mass is 378 g/mol. The number of carbonyl (C=O) groups excluding carboxylic acids is 1. The zero-order chi connectivity index (χ0) is 19.2. The van der Waals surface area contributed by atoms with Gasteiger partial charge in [0.1, 0.15) is 0 Å². The Kier molecular flexibility index (Phi) is 7.01. The van der Waals surface area contributed by atoms with Crippen LogP contribution < -0.4 is 5.32 Å². The van der Waals surface area contributed by atoms with Crippen molar-refractivity contribution in [1.82, 2.24) is 9.62 Å². The van der Waals surface area contributed by atoms with Crippen molar-refractivity contribution in [1.29, 1.82) is 0 Å². The van der Waals surface area contributed by atoms with Gasteiger partial charge < -0.3 is 5.32 Å². The minimum Gasteiger partial charge on any atom is -0.348 e. The molecule has 1 amide bonds. The highest BCUT2D eigenvalue weighted by molar-refractivity contribution is 7.89.